The van der Waals surface area contributed by atoms with Gasteiger partial charge in [-0.15, -0.1) is 0 Å². The monoisotopic (exact) mass is 217 g/mol. The Balaban J connectivity index is 3.44. The predicted octanol–water partition coefficient (Wildman–Crippen LogP) is -1.15. The van der Waals surface area contributed by atoms with E-state index in [0.717, 1.165) is 0 Å². The second-order valence-corrected chi connectivity index (χ2v) is 3.98. The number of hydrogen-bond donors (Lipinski definition) is 2. The van der Waals surface area contributed by atoms with Crippen LogP contribution in [0, 0.1) is 0 Å². The fourth-order valence-electron chi connectivity index (χ4n) is 0.758. The number of carbonyl (C=O) groups excluding carboxylic acids is 2. The smallest absolute Gasteiger partial charge is 0.407 e. The fraction of sp³-hybridized carbons (Fsp3) is 0.778. The number of carboxylic acids is 1. The van der Waals surface area contributed by atoms with Gasteiger partial charge < -0.3 is 25.3 Å². The lowest BCUT2D eigenvalue weighted by Gasteiger charge is -2.19. The molecule has 0 saturated heterocycles. The van der Waals surface area contributed by atoms with E-state index in [-0.39, 0.29) is 6.54 Å². The van der Waals surface area contributed by atoms with Crippen LogP contribution in [-0.4, -0.2) is 37.3 Å². The van der Waals surface area contributed by atoms with E-state index in [0.29, 0.717) is 13.1 Å². The van der Waals surface area contributed by atoms with Gasteiger partial charge in [0.15, 0.2) is 0 Å². The van der Waals surface area contributed by atoms with Crippen molar-refractivity contribution in [3.05, 3.63) is 0 Å². The number of ether oxygens (including phenoxy) is 1. The zero-order chi connectivity index (χ0) is 11.9. The molecule has 6 nitrogen and oxygen atoms in total. The minimum absolute atomic E-state index is 0.226. The van der Waals surface area contributed by atoms with Crippen LogP contribution < -0.4 is 15.7 Å². The van der Waals surface area contributed by atoms with Crippen LogP contribution in [0.15, 0.2) is 0 Å². The van der Waals surface area contributed by atoms with Crippen LogP contribution in [0.3, 0.4) is 0 Å². The minimum Gasteiger partial charge on any atom is -0.549 e. The Bertz CT molecular complexity index is 223. The highest BCUT2D eigenvalue weighted by Crippen LogP contribution is 2.05. The van der Waals surface area contributed by atoms with Gasteiger partial charge in [0.1, 0.15) is 5.60 Å². The van der Waals surface area contributed by atoms with Crippen molar-refractivity contribution in [3.63, 3.8) is 0 Å². The van der Waals surface area contributed by atoms with Crippen molar-refractivity contribution in [3.8, 4) is 0 Å². The normalized spacial score (nSPS) is 10.9. The summed E-state index contributed by atoms with van der Waals surface area (Å²) in [7, 11) is 0. The molecule has 6 heteroatoms. The summed E-state index contributed by atoms with van der Waals surface area (Å²) < 4.78 is 4.96. The molecule has 0 heterocycles. The topological polar surface area (TPSA) is 90.5 Å². The quantitative estimate of drug-likeness (QED) is 0.567. The number of hydrogen-bond acceptors (Lipinski definition) is 5. The summed E-state index contributed by atoms with van der Waals surface area (Å²) >= 11 is 0. The molecule has 0 aromatic heterocycles. The van der Waals surface area contributed by atoms with Crippen molar-refractivity contribution in [2.24, 2.45) is 0 Å². The highest BCUT2D eigenvalue weighted by molar-refractivity contribution is 5.67. The third-order valence-electron chi connectivity index (χ3n) is 1.24. The largest absolute Gasteiger partial charge is 0.549 e. The molecule has 15 heavy (non-hydrogen) atoms. The van der Waals surface area contributed by atoms with Crippen LogP contribution in [0.5, 0.6) is 0 Å². The summed E-state index contributed by atoms with van der Waals surface area (Å²) in [5.74, 6) is -1.17. The number of amides is 1. The second-order valence-electron chi connectivity index (χ2n) is 3.98. The summed E-state index contributed by atoms with van der Waals surface area (Å²) in [6.07, 6.45) is -0.516. The lowest BCUT2D eigenvalue weighted by Crippen LogP contribution is -2.40. The van der Waals surface area contributed by atoms with Gasteiger partial charge in [-0.25, -0.2) is 4.79 Å². The average Bonchev–Trinajstić information content (AvgIpc) is 1.99. The van der Waals surface area contributed by atoms with Crippen molar-refractivity contribution < 1.29 is 19.4 Å². The van der Waals surface area contributed by atoms with E-state index in [1.165, 1.54) is 0 Å². The van der Waals surface area contributed by atoms with E-state index >= 15 is 0 Å². The van der Waals surface area contributed by atoms with Crippen LogP contribution >= 0.6 is 0 Å². The molecule has 88 valence electrons. The van der Waals surface area contributed by atoms with E-state index < -0.39 is 17.7 Å². The maximum atomic E-state index is 11.1. The van der Waals surface area contributed by atoms with Gasteiger partial charge >= 0.3 is 6.09 Å². The Morgan fingerprint density at radius 2 is 1.87 bits per heavy atom. The third kappa shape index (κ3) is 10.6. The Morgan fingerprint density at radius 3 is 2.33 bits per heavy atom. The molecule has 0 aromatic rings. The first-order valence-corrected chi connectivity index (χ1v) is 4.68. The molecular weight excluding hydrogens is 200 g/mol. The molecular formula is C9H17N2O4-. The number of rotatable bonds is 5. The number of alkyl carbamates (subject to hydrolysis) is 1. The van der Waals surface area contributed by atoms with E-state index in [2.05, 4.69) is 10.6 Å². The van der Waals surface area contributed by atoms with E-state index in [1.54, 1.807) is 20.8 Å². The molecule has 0 rings (SSSR count). The van der Waals surface area contributed by atoms with Gasteiger partial charge in [0.2, 0.25) is 0 Å². The molecule has 0 atom stereocenters. The SMILES string of the molecule is CC(C)(C)OC(=O)NCCNCC(=O)[O-]. The van der Waals surface area contributed by atoms with E-state index in [4.69, 9.17) is 4.74 Å². The highest BCUT2D eigenvalue weighted by atomic mass is 16.6. The standard InChI is InChI=1S/C9H18N2O4/c1-9(2,3)15-8(14)11-5-4-10-6-7(12)13/h10H,4-6H2,1-3H3,(H,11,14)(H,12,13)/p-1. The first-order chi connectivity index (χ1) is 6.81. The molecule has 0 aliphatic carbocycles. The molecule has 0 bridgehead atoms. The van der Waals surface area contributed by atoms with Gasteiger partial charge in [-0.05, 0) is 20.8 Å². The molecule has 0 aliphatic rings. The fourth-order valence-corrected chi connectivity index (χ4v) is 0.758. The lowest BCUT2D eigenvalue weighted by molar-refractivity contribution is -0.304. The zero-order valence-corrected chi connectivity index (χ0v) is 9.25. The Kier molecular flexibility index (Phi) is 5.69. The first kappa shape index (κ1) is 13.7. The van der Waals surface area contributed by atoms with Crippen molar-refractivity contribution in [2.45, 2.75) is 26.4 Å². The minimum atomic E-state index is -1.17. The zero-order valence-electron chi connectivity index (χ0n) is 9.25. The Labute approximate surface area is 89.0 Å². The molecule has 0 aromatic carbocycles. The summed E-state index contributed by atoms with van der Waals surface area (Å²) in [4.78, 5) is 21.1. The van der Waals surface area contributed by atoms with E-state index in [9.17, 15) is 14.7 Å². The molecule has 0 spiro atoms. The number of carbonyl (C=O) groups is 2. The maximum Gasteiger partial charge on any atom is 0.407 e. The summed E-state index contributed by atoms with van der Waals surface area (Å²) in [5.41, 5.74) is -0.525. The van der Waals surface area contributed by atoms with Crippen LogP contribution in [0.2, 0.25) is 0 Å². The summed E-state index contributed by atoms with van der Waals surface area (Å²) in [5, 5.41) is 15.0. The van der Waals surface area contributed by atoms with Gasteiger partial charge in [0.05, 0.1) is 5.97 Å². The second kappa shape index (κ2) is 6.23. The van der Waals surface area contributed by atoms with E-state index in [1.807, 2.05) is 0 Å². The molecule has 0 unspecified atom stereocenters. The van der Waals surface area contributed by atoms with Crippen molar-refractivity contribution in [1.29, 1.82) is 0 Å². The van der Waals surface area contributed by atoms with Gasteiger partial charge in [-0.2, -0.15) is 0 Å². The van der Waals surface area contributed by atoms with Crippen molar-refractivity contribution in [2.75, 3.05) is 19.6 Å². The number of nitrogens with one attached hydrogen (secondary N) is 2. The lowest BCUT2D eigenvalue weighted by atomic mass is 10.2. The van der Waals surface area contributed by atoms with Crippen molar-refractivity contribution in [1.82, 2.24) is 10.6 Å². The molecule has 0 aliphatic heterocycles. The maximum absolute atomic E-state index is 11.1. The van der Waals surface area contributed by atoms with Gasteiger partial charge in [-0.3, -0.25) is 0 Å². The van der Waals surface area contributed by atoms with Crippen LogP contribution in [0.4, 0.5) is 4.79 Å². The summed E-state index contributed by atoms with van der Waals surface area (Å²) in [6, 6.07) is 0. The van der Waals surface area contributed by atoms with Crippen LogP contribution in [0.25, 0.3) is 0 Å². The van der Waals surface area contributed by atoms with Gasteiger partial charge in [0.25, 0.3) is 0 Å². The molecule has 0 fully saturated rings. The number of carboxylic acid groups (broad SMARTS) is 1. The molecule has 1 amide bonds. The average molecular weight is 217 g/mol. The third-order valence-corrected chi connectivity index (χ3v) is 1.24. The van der Waals surface area contributed by atoms with Crippen LogP contribution in [-0.2, 0) is 9.53 Å². The highest BCUT2D eigenvalue weighted by Gasteiger charge is 2.15. The van der Waals surface area contributed by atoms with Crippen LogP contribution in [0.1, 0.15) is 20.8 Å². The summed E-state index contributed by atoms with van der Waals surface area (Å²) in [6.45, 7) is 5.73. The van der Waals surface area contributed by atoms with Gasteiger partial charge in [-0.1, -0.05) is 0 Å². The Hall–Kier alpha value is -1.30. The Morgan fingerprint density at radius 1 is 1.27 bits per heavy atom. The number of aliphatic carboxylic acids is 1. The molecule has 0 radical (unpaired) electrons. The predicted molar refractivity (Wildman–Crippen MR) is 52.1 cm³/mol. The molecule has 2 N–H and O–H groups in total. The first-order valence-electron chi connectivity index (χ1n) is 4.68. The van der Waals surface area contributed by atoms with Crippen molar-refractivity contribution >= 4 is 12.1 Å². The molecule has 0 saturated carbocycles. The van der Waals surface area contributed by atoms with Gasteiger partial charge in [0, 0.05) is 19.6 Å².